The fraction of sp³-hybridized carbons (Fsp3) is 0.346. The Morgan fingerprint density at radius 1 is 1.20 bits per heavy atom. The molecule has 5 atom stereocenters. The average molecular weight is 511 g/mol. The van der Waals surface area contributed by atoms with E-state index >= 15 is 0 Å². The molecule has 0 amide bonds. The highest BCUT2D eigenvalue weighted by Crippen LogP contribution is 2.48. The zero-order chi connectivity index (χ0) is 20.7. The number of piperidine rings is 3. The summed E-state index contributed by atoms with van der Waals surface area (Å²) in [5, 5.41) is 12.8. The lowest BCUT2D eigenvalue weighted by molar-refractivity contribution is -0.984. The summed E-state index contributed by atoms with van der Waals surface area (Å²) in [7, 11) is 0. The fourth-order valence-corrected chi connectivity index (χ4v) is 6.57. The van der Waals surface area contributed by atoms with Crippen molar-refractivity contribution in [2.75, 3.05) is 13.1 Å². The molecule has 3 aliphatic heterocycles. The van der Waals surface area contributed by atoms with Crippen molar-refractivity contribution >= 4 is 33.5 Å². The van der Waals surface area contributed by atoms with Gasteiger partial charge in [-0.2, -0.15) is 0 Å². The number of pyridine rings is 1. The molecule has 3 fully saturated rings. The summed E-state index contributed by atoms with van der Waals surface area (Å²) >= 11 is 2.40. The Hall–Kier alpha value is -1.76. The van der Waals surface area contributed by atoms with Gasteiger partial charge in [0.15, 0.2) is 0 Å². The van der Waals surface area contributed by atoms with E-state index in [1.165, 1.54) is 15.6 Å². The Bertz CT molecular complexity index is 1080. The molecule has 0 aliphatic carbocycles. The molecule has 3 nitrogen and oxygen atoms in total. The monoisotopic (exact) mass is 511 g/mol. The molecule has 3 aromatic rings. The molecule has 4 heterocycles. The van der Waals surface area contributed by atoms with Crippen LogP contribution in [0.3, 0.4) is 0 Å². The van der Waals surface area contributed by atoms with Gasteiger partial charge < -0.3 is 9.59 Å². The topological polar surface area (TPSA) is 33.1 Å². The standard InChI is InChI=1S/C26H28IN2O/c1-2-19-17-29(16-18-6-5-7-21(27)14-18)13-11-20(19)15-25(29)26(30)23-10-12-28-24-9-4-3-8-22(23)24/h2-10,12,14,19-20,25-26,30H,1,11,13,15-17H2/q+1/t19-,20-,25+,26-,29?/m0/s1. The molecular formula is C26H28IN2O+. The van der Waals surface area contributed by atoms with Crippen LogP contribution in [0.5, 0.6) is 0 Å². The maximum absolute atomic E-state index is 11.8. The van der Waals surface area contributed by atoms with Crippen molar-refractivity contribution in [2.45, 2.75) is 31.5 Å². The molecule has 1 N–H and O–H groups in total. The molecule has 0 saturated carbocycles. The van der Waals surface area contributed by atoms with E-state index in [1.54, 1.807) is 0 Å². The lowest BCUT2D eigenvalue weighted by Crippen LogP contribution is -2.67. The first kappa shape index (κ1) is 20.2. The number of quaternary nitrogens is 1. The molecule has 3 aliphatic rings. The van der Waals surface area contributed by atoms with Crippen LogP contribution in [-0.2, 0) is 6.54 Å². The van der Waals surface area contributed by atoms with E-state index in [2.05, 4.69) is 70.6 Å². The van der Waals surface area contributed by atoms with Gasteiger partial charge in [-0.05, 0) is 58.3 Å². The summed E-state index contributed by atoms with van der Waals surface area (Å²) in [6, 6.07) is 19.2. The predicted molar refractivity (Wildman–Crippen MR) is 130 cm³/mol. The summed E-state index contributed by atoms with van der Waals surface area (Å²) in [6.45, 7) is 7.32. The van der Waals surface area contributed by atoms with Gasteiger partial charge in [-0.3, -0.25) is 4.98 Å². The molecule has 0 radical (unpaired) electrons. The van der Waals surface area contributed by atoms with E-state index < -0.39 is 6.10 Å². The highest BCUT2D eigenvalue weighted by molar-refractivity contribution is 14.1. The van der Waals surface area contributed by atoms with Gasteiger partial charge in [0.2, 0.25) is 0 Å². The van der Waals surface area contributed by atoms with E-state index in [1.807, 2.05) is 30.5 Å². The van der Waals surface area contributed by atoms with Crippen molar-refractivity contribution < 1.29 is 9.59 Å². The summed E-state index contributed by atoms with van der Waals surface area (Å²) in [6.07, 6.45) is 5.79. The van der Waals surface area contributed by atoms with Crippen molar-refractivity contribution in [1.82, 2.24) is 4.98 Å². The van der Waals surface area contributed by atoms with Gasteiger partial charge in [-0.1, -0.05) is 36.4 Å². The maximum atomic E-state index is 11.8. The van der Waals surface area contributed by atoms with E-state index in [-0.39, 0.29) is 6.04 Å². The number of hydrogen-bond acceptors (Lipinski definition) is 2. The Kier molecular flexibility index (Phi) is 5.42. The van der Waals surface area contributed by atoms with Crippen molar-refractivity contribution in [3.8, 4) is 0 Å². The highest BCUT2D eigenvalue weighted by atomic mass is 127. The lowest BCUT2D eigenvalue weighted by Gasteiger charge is -2.58. The Morgan fingerprint density at radius 3 is 2.90 bits per heavy atom. The quantitative estimate of drug-likeness (QED) is 0.280. The van der Waals surface area contributed by atoms with Gasteiger partial charge in [-0.15, -0.1) is 6.58 Å². The van der Waals surface area contributed by atoms with Crippen molar-refractivity contribution in [3.05, 3.63) is 88.1 Å². The minimum atomic E-state index is -0.491. The molecule has 3 saturated heterocycles. The number of halogens is 1. The second-order valence-electron chi connectivity index (χ2n) is 9.03. The molecule has 6 rings (SSSR count). The van der Waals surface area contributed by atoms with Crippen LogP contribution in [0, 0.1) is 15.4 Å². The van der Waals surface area contributed by atoms with Crippen LogP contribution in [0.4, 0.5) is 0 Å². The molecule has 30 heavy (non-hydrogen) atoms. The van der Waals surface area contributed by atoms with E-state index in [0.717, 1.165) is 47.0 Å². The van der Waals surface area contributed by atoms with Gasteiger partial charge in [0.25, 0.3) is 0 Å². The van der Waals surface area contributed by atoms with Crippen LogP contribution in [0.15, 0.2) is 73.4 Å². The van der Waals surface area contributed by atoms with Crippen molar-refractivity contribution in [2.24, 2.45) is 11.8 Å². The highest BCUT2D eigenvalue weighted by Gasteiger charge is 2.53. The SMILES string of the molecule is C=C[C@H]1C[N+]2(Cc3cccc(I)c3)CC[C@H]1C[C@@H]2[C@@H](O)c1ccnc2ccccc12. The fourth-order valence-electron chi connectivity index (χ4n) is 5.96. The molecule has 1 aromatic heterocycles. The van der Waals surface area contributed by atoms with Crippen LogP contribution < -0.4 is 0 Å². The number of benzene rings is 2. The zero-order valence-corrected chi connectivity index (χ0v) is 19.3. The second kappa shape index (κ2) is 8.06. The minimum absolute atomic E-state index is 0.198. The Labute approximate surface area is 192 Å². The number of fused-ring (bicyclic) bond motifs is 4. The Morgan fingerprint density at radius 2 is 2.07 bits per heavy atom. The Balaban J connectivity index is 1.56. The predicted octanol–water partition coefficient (Wildman–Crippen LogP) is 5.48. The normalized spacial score (nSPS) is 29.1. The van der Waals surface area contributed by atoms with Crippen LogP contribution in [0.25, 0.3) is 10.9 Å². The second-order valence-corrected chi connectivity index (χ2v) is 10.3. The third-order valence-electron chi connectivity index (χ3n) is 7.43. The zero-order valence-electron chi connectivity index (χ0n) is 17.1. The summed E-state index contributed by atoms with van der Waals surface area (Å²) < 4.78 is 2.22. The molecule has 4 heteroatoms. The first-order valence-corrected chi connectivity index (χ1v) is 11.9. The minimum Gasteiger partial charge on any atom is -0.382 e. The van der Waals surface area contributed by atoms with Gasteiger partial charge >= 0.3 is 0 Å². The summed E-state index contributed by atoms with van der Waals surface area (Å²) in [5.74, 6) is 1.17. The summed E-state index contributed by atoms with van der Waals surface area (Å²) in [5.41, 5.74) is 3.34. The molecule has 1 unspecified atom stereocenters. The van der Waals surface area contributed by atoms with Gasteiger partial charge in [0, 0.05) is 39.5 Å². The molecule has 154 valence electrons. The van der Waals surface area contributed by atoms with Crippen LogP contribution in [-0.4, -0.2) is 33.7 Å². The largest absolute Gasteiger partial charge is 0.382 e. The number of aromatic nitrogens is 1. The van der Waals surface area contributed by atoms with E-state index in [9.17, 15) is 5.11 Å². The smallest absolute Gasteiger partial charge is 0.131 e. The molecule has 2 aromatic carbocycles. The number of nitrogens with zero attached hydrogens (tertiary/aromatic N) is 2. The lowest BCUT2D eigenvalue weighted by atomic mass is 9.71. The maximum Gasteiger partial charge on any atom is 0.131 e. The number of para-hydroxylation sites is 1. The molecule has 0 spiro atoms. The van der Waals surface area contributed by atoms with Crippen molar-refractivity contribution in [1.29, 1.82) is 0 Å². The van der Waals surface area contributed by atoms with Crippen LogP contribution >= 0.6 is 22.6 Å². The number of hydrogen-bond donors (Lipinski definition) is 1. The van der Waals surface area contributed by atoms with Gasteiger partial charge in [-0.25, -0.2) is 0 Å². The van der Waals surface area contributed by atoms with E-state index in [4.69, 9.17) is 0 Å². The summed E-state index contributed by atoms with van der Waals surface area (Å²) in [4.78, 5) is 4.51. The third kappa shape index (κ3) is 3.49. The molecule has 2 bridgehead atoms. The van der Waals surface area contributed by atoms with Gasteiger partial charge in [0.1, 0.15) is 18.7 Å². The average Bonchev–Trinajstić information content (AvgIpc) is 2.78. The number of aliphatic hydroxyl groups excluding tert-OH is 1. The number of aliphatic hydroxyl groups is 1. The third-order valence-corrected chi connectivity index (χ3v) is 8.10. The van der Waals surface area contributed by atoms with E-state index in [0.29, 0.717) is 11.8 Å². The number of rotatable bonds is 5. The first-order valence-electron chi connectivity index (χ1n) is 10.8. The molecular weight excluding hydrogens is 483 g/mol. The van der Waals surface area contributed by atoms with Crippen LogP contribution in [0.2, 0.25) is 0 Å². The van der Waals surface area contributed by atoms with Crippen molar-refractivity contribution in [3.63, 3.8) is 0 Å². The van der Waals surface area contributed by atoms with Crippen LogP contribution in [0.1, 0.15) is 30.1 Å². The first-order chi connectivity index (χ1) is 14.6. The van der Waals surface area contributed by atoms with Gasteiger partial charge in [0.05, 0.1) is 18.6 Å².